The fourth-order valence-electron chi connectivity index (χ4n) is 3.86. The molecule has 6 heteroatoms. The third-order valence-corrected chi connectivity index (χ3v) is 5.09. The second-order valence-corrected chi connectivity index (χ2v) is 6.73. The number of nitrogens with two attached hydrogens (primary N) is 2. The van der Waals surface area contributed by atoms with Gasteiger partial charge in [0.1, 0.15) is 11.9 Å². The summed E-state index contributed by atoms with van der Waals surface area (Å²) in [5, 5.41) is 0. The maximum Gasteiger partial charge on any atom is 0.253 e. The van der Waals surface area contributed by atoms with Gasteiger partial charge in [-0.3, -0.25) is 14.7 Å². The summed E-state index contributed by atoms with van der Waals surface area (Å²) in [5.41, 5.74) is 15.0. The van der Waals surface area contributed by atoms with Gasteiger partial charge in [0.25, 0.3) is 5.91 Å². The molecule has 4 N–H and O–H groups in total. The Morgan fingerprint density at radius 3 is 2.69 bits per heavy atom. The van der Waals surface area contributed by atoms with Crippen molar-refractivity contribution in [2.75, 3.05) is 7.05 Å². The number of carbonyl (C=O) groups excluding carboxylic acids is 1. The van der Waals surface area contributed by atoms with Crippen LogP contribution in [0, 0.1) is 0 Å². The van der Waals surface area contributed by atoms with Gasteiger partial charge in [0.2, 0.25) is 0 Å². The molecule has 2 atom stereocenters. The maximum atomic E-state index is 12.9. The Morgan fingerprint density at radius 1 is 1.19 bits per heavy atom. The SMILES string of the molecule is CN1C(=O)C(C2CCc3ccc(N=C(N)N)cc32)N=C1c1ccccc1. The summed E-state index contributed by atoms with van der Waals surface area (Å²) in [4.78, 5) is 23.5. The predicted octanol–water partition coefficient (Wildman–Crippen LogP) is 1.91. The summed E-state index contributed by atoms with van der Waals surface area (Å²) in [5.74, 6) is 0.847. The number of rotatable bonds is 3. The second-order valence-electron chi connectivity index (χ2n) is 6.73. The van der Waals surface area contributed by atoms with Gasteiger partial charge >= 0.3 is 0 Å². The van der Waals surface area contributed by atoms with Gasteiger partial charge < -0.3 is 11.5 Å². The van der Waals surface area contributed by atoms with E-state index in [9.17, 15) is 4.79 Å². The zero-order valence-corrected chi connectivity index (χ0v) is 14.6. The molecule has 6 nitrogen and oxygen atoms in total. The number of amidine groups is 1. The number of hydrogen-bond acceptors (Lipinski definition) is 3. The molecule has 2 aromatic rings. The molecule has 1 aliphatic heterocycles. The van der Waals surface area contributed by atoms with Gasteiger partial charge in [0.15, 0.2) is 5.96 Å². The average Bonchev–Trinajstić information content (AvgIpc) is 3.17. The summed E-state index contributed by atoms with van der Waals surface area (Å²) in [6.07, 6.45) is 1.84. The zero-order chi connectivity index (χ0) is 18.3. The van der Waals surface area contributed by atoms with Crippen LogP contribution in [-0.4, -0.2) is 35.7 Å². The van der Waals surface area contributed by atoms with Crippen LogP contribution in [0.3, 0.4) is 0 Å². The highest BCUT2D eigenvalue weighted by Gasteiger charge is 2.41. The summed E-state index contributed by atoms with van der Waals surface area (Å²) in [6, 6.07) is 15.4. The van der Waals surface area contributed by atoms with E-state index in [0.717, 1.165) is 29.8 Å². The Kier molecular flexibility index (Phi) is 3.95. The maximum absolute atomic E-state index is 12.9. The summed E-state index contributed by atoms with van der Waals surface area (Å²) < 4.78 is 0. The first-order valence-corrected chi connectivity index (χ1v) is 8.68. The number of benzene rings is 2. The van der Waals surface area contributed by atoms with E-state index in [1.54, 1.807) is 11.9 Å². The Hall–Kier alpha value is -3.15. The van der Waals surface area contributed by atoms with Crippen LogP contribution in [0.1, 0.15) is 29.0 Å². The van der Waals surface area contributed by atoms with Crippen LogP contribution in [0.5, 0.6) is 0 Å². The van der Waals surface area contributed by atoms with Crippen molar-refractivity contribution >= 4 is 23.4 Å². The van der Waals surface area contributed by atoms with E-state index in [0.29, 0.717) is 5.69 Å². The van der Waals surface area contributed by atoms with Crippen LogP contribution < -0.4 is 11.5 Å². The molecule has 0 radical (unpaired) electrons. The smallest absolute Gasteiger partial charge is 0.253 e. The number of carbonyl (C=O) groups is 1. The fourth-order valence-corrected chi connectivity index (χ4v) is 3.86. The first-order valence-electron chi connectivity index (χ1n) is 8.68. The average molecular weight is 347 g/mol. The normalized spacial score (nSPS) is 21.5. The van der Waals surface area contributed by atoms with Crippen LogP contribution >= 0.6 is 0 Å². The van der Waals surface area contributed by atoms with Crippen molar-refractivity contribution < 1.29 is 4.79 Å². The van der Waals surface area contributed by atoms with Crippen molar-refractivity contribution in [1.29, 1.82) is 0 Å². The summed E-state index contributed by atoms with van der Waals surface area (Å²) >= 11 is 0. The Bertz CT molecular complexity index is 915. The molecule has 0 aromatic heterocycles. The van der Waals surface area contributed by atoms with Crippen molar-refractivity contribution in [3.8, 4) is 0 Å². The molecule has 132 valence electrons. The predicted molar refractivity (Wildman–Crippen MR) is 103 cm³/mol. The van der Waals surface area contributed by atoms with E-state index in [1.165, 1.54) is 5.56 Å². The zero-order valence-electron chi connectivity index (χ0n) is 14.6. The quantitative estimate of drug-likeness (QED) is 0.655. The topological polar surface area (TPSA) is 97.1 Å². The Morgan fingerprint density at radius 2 is 1.96 bits per heavy atom. The van der Waals surface area contributed by atoms with Crippen LogP contribution in [-0.2, 0) is 11.2 Å². The molecule has 1 heterocycles. The van der Waals surface area contributed by atoms with E-state index < -0.39 is 6.04 Å². The molecule has 26 heavy (non-hydrogen) atoms. The van der Waals surface area contributed by atoms with Crippen LogP contribution in [0.15, 0.2) is 58.5 Å². The fraction of sp³-hybridized carbons (Fsp3) is 0.250. The lowest BCUT2D eigenvalue weighted by Crippen LogP contribution is -2.34. The highest BCUT2D eigenvalue weighted by Crippen LogP contribution is 2.40. The number of amides is 1. The second kappa shape index (κ2) is 6.29. The lowest BCUT2D eigenvalue weighted by atomic mass is 9.93. The standard InChI is InChI=1S/C20H21N5O/c1-25-18(13-5-3-2-4-6-13)24-17(19(25)26)15-10-8-12-7-9-14(11-16(12)15)23-20(21)22/h2-7,9,11,15,17H,8,10H2,1H3,(H4,21,22,23). The number of nitrogens with zero attached hydrogens (tertiary/aromatic N) is 3. The van der Waals surface area contributed by atoms with Crippen molar-refractivity contribution in [2.24, 2.45) is 21.5 Å². The van der Waals surface area contributed by atoms with E-state index in [2.05, 4.69) is 4.99 Å². The minimum Gasteiger partial charge on any atom is -0.370 e. The third-order valence-electron chi connectivity index (χ3n) is 5.09. The molecule has 0 saturated carbocycles. The molecule has 2 aliphatic rings. The Labute approximate surface area is 152 Å². The lowest BCUT2D eigenvalue weighted by Gasteiger charge is -2.17. The molecule has 0 bridgehead atoms. The van der Waals surface area contributed by atoms with Gasteiger partial charge in [0, 0.05) is 18.5 Å². The molecular formula is C20H21N5O. The van der Waals surface area contributed by atoms with Crippen molar-refractivity contribution in [3.05, 3.63) is 65.2 Å². The largest absolute Gasteiger partial charge is 0.370 e. The van der Waals surface area contributed by atoms with E-state index in [1.807, 2.05) is 48.5 Å². The third kappa shape index (κ3) is 2.73. The molecule has 2 aromatic carbocycles. The number of aliphatic imine (C=N–C) groups is 2. The van der Waals surface area contributed by atoms with Gasteiger partial charge in [-0.05, 0) is 36.1 Å². The molecule has 0 fully saturated rings. The highest BCUT2D eigenvalue weighted by atomic mass is 16.2. The summed E-state index contributed by atoms with van der Waals surface area (Å²) in [7, 11) is 1.79. The first-order chi connectivity index (χ1) is 12.5. The molecule has 4 rings (SSSR count). The lowest BCUT2D eigenvalue weighted by molar-refractivity contribution is -0.126. The van der Waals surface area contributed by atoms with Gasteiger partial charge in [-0.2, -0.15) is 0 Å². The molecule has 2 unspecified atom stereocenters. The van der Waals surface area contributed by atoms with E-state index in [-0.39, 0.29) is 17.8 Å². The monoisotopic (exact) mass is 347 g/mol. The minimum atomic E-state index is -0.397. The number of hydrogen-bond donors (Lipinski definition) is 2. The first kappa shape index (κ1) is 16.3. The molecule has 1 amide bonds. The number of likely N-dealkylation sites (N-methyl/N-ethyl adjacent to an activating group) is 1. The van der Waals surface area contributed by atoms with E-state index >= 15 is 0 Å². The summed E-state index contributed by atoms with van der Waals surface area (Å²) in [6.45, 7) is 0. The van der Waals surface area contributed by atoms with Crippen molar-refractivity contribution in [2.45, 2.75) is 24.8 Å². The number of aryl methyl sites for hydroxylation is 1. The van der Waals surface area contributed by atoms with Gasteiger partial charge in [-0.15, -0.1) is 0 Å². The minimum absolute atomic E-state index is 0.0283. The molecule has 0 saturated heterocycles. The van der Waals surface area contributed by atoms with Crippen molar-refractivity contribution in [3.63, 3.8) is 0 Å². The van der Waals surface area contributed by atoms with Gasteiger partial charge in [0.05, 0.1) is 5.69 Å². The van der Waals surface area contributed by atoms with Crippen LogP contribution in [0.4, 0.5) is 5.69 Å². The molecule has 0 spiro atoms. The van der Waals surface area contributed by atoms with Crippen LogP contribution in [0.25, 0.3) is 0 Å². The number of fused-ring (bicyclic) bond motifs is 1. The highest BCUT2D eigenvalue weighted by molar-refractivity contribution is 6.13. The number of guanidine groups is 1. The molecular weight excluding hydrogens is 326 g/mol. The van der Waals surface area contributed by atoms with Gasteiger partial charge in [-0.25, -0.2) is 4.99 Å². The van der Waals surface area contributed by atoms with Crippen LogP contribution in [0.2, 0.25) is 0 Å². The van der Waals surface area contributed by atoms with Gasteiger partial charge in [-0.1, -0.05) is 36.4 Å². The van der Waals surface area contributed by atoms with Crippen molar-refractivity contribution in [1.82, 2.24) is 4.90 Å². The molecule has 1 aliphatic carbocycles. The van der Waals surface area contributed by atoms with E-state index in [4.69, 9.17) is 16.5 Å². The Balaban J connectivity index is 1.70.